The molecular weight excluding hydrogens is 536 g/mol. The van der Waals surface area contributed by atoms with Crippen molar-refractivity contribution >= 4 is 40.8 Å². The maximum absolute atomic E-state index is 13.9. The molecule has 1 heterocycles. The molecule has 11 heteroatoms. The van der Waals surface area contributed by atoms with Crippen LogP contribution in [0, 0.1) is 23.0 Å². The second kappa shape index (κ2) is 12.4. The van der Waals surface area contributed by atoms with Crippen molar-refractivity contribution < 1.29 is 23.1 Å². The molecule has 0 radical (unpaired) electrons. The van der Waals surface area contributed by atoms with Gasteiger partial charge < -0.3 is 26.0 Å². The molecular formula is C29H25F2N5O3S. The lowest BCUT2D eigenvalue weighted by molar-refractivity contribution is -0.113. The van der Waals surface area contributed by atoms with E-state index in [0.29, 0.717) is 50.6 Å². The van der Waals surface area contributed by atoms with Crippen LogP contribution in [0.4, 0.5) is 30.6 Å². The standard InChI is InChI=1S/C29H25F2N5O3S/c1-16-25(27(37)35-23-6-4-5-7-24(23)39-2)26(20(15-32)28(33-16)40-3)17-8-11-19(12-9-17)34-29(38)36-22-13-10-18(30)14-21(22)31/h4-14,26,33H,1-3H3,(H,35,37)(H2,34,36,38). The Kier molecular flexibility index (Phi) is 8.71. The first-order chi connectivity index (χ1) is 19.2. The van der Waals surface area contributed by atoms with Crippen LogP contribution in [-0.2, 0) is 4.79 Å². The van der Waals surface area contributed by atoms with Gasteiger partial charge in [0.05, 0.1) is 41.1 Å². The molecule has 40 heavy (non-hydrogen) atoms. The maximum Gasteiger partial charge on any atom is 0.323 e. The molecule has 0 aromatic heterocycles. The van der Waals surface area contributed by atoms with E-state index in [1.807, 2.05) is 6.26 Å². The van der Waals surface area contributed by atoms with Gasteiger partial charge in [0.1, 0.15) is 17.4 Å². The molecule has 0 saturated heterocycles. The van der Waals surface area contributed by atoms with E-state index >= 15 is 0 Å². The summed E-state index contributed by atoms with van der Waals surface area (Å²) in [6.07, 6.45) is 1.83. The van der Waals surface area contributed by atoms with Crippen molar-refractivity contribution in [3.05, 3.63) is 106 Å². The molecule has 4 N–H and O–H groups in total. The zero-order chi connectivity index (χ0) is 28.8. The number of anilines is 3. The predicted octanol–water partition coefficient (Wildman–Crippen LogP) is 6.32. The van der Waals surface area contributed by atoms with Crippen molar-refractivity contribution in [3.63, 3.8) is 0 Å². The average molecular weight is 562 g/mol. The number of hydrogen-bond donors (Lipinski definition) is 4. The van der Waals surface area contributed by atoms with Gasteiger partial charge in [-0.2, -0.15) is 5.26 Å². The summed E-state index contributed by atoms with van der Waals surface area (Å²) >= 11 is 1.36. The molecule has 0 aliphatic carbocycles. The summed E-state index contributed by atoms with van der Waals surface area (Å²) in [6.45, 7) is 1.77. The van der Waals surface area contributed by atoms with Crippen molar-refractivity contribution in [1.29, 1.82) is 5.26 Å². The number of nitrogens with zero attached hydrogens (tertiary/aromatic N) is 1. The molecule has 0 saturated carbocycles. The first-order valence-electron chi connectivity index (χ1n) is 12.0. The van der Waals surface area contributed by atoms with Gasteiger partial charge in [-0.1, -0.05) is 24.3 Å². The number of benzene rings is 3. The van der Waals surface area contributed by atoms with Gasteiger partial charge in [-0.15, -0.1) is 11.8 Å². The van der Waals surface area contributed by atoms with Crippen LogP contribution in [0.15, 0.2) is 88.6 Å². The second-order valence-corrected chi connectivity index (χ2v) is 9.45. The number of ether oxygens (including phenoxy) is 1. The Hall–Kier alpha value is -4.82. The fourth-order valence-electron chi connectivity index (χ4n) is 4.28. The van der Waals surface area contributed by atoms with Crippen molar-refractivity contribution in [3.8, 4) is 11.8 Å². The third-order valence-corrected chi connectivity index (χ3v) is 6.86. The topological polar surface area (TPSA) is 115 Å². The number of allylic oxidation sites excluding steroid dienone is 2. The van der Waals surface area contributed by atoms with Gasteiger partial charge in [0, 0.05) is 23.0 Å². The fraction of sp³-hybridized carbons (Fsp3) is 0.138. The number of nitrogens with one attached hydrogen (secondary N) is 4. The lowest BCUT2D eigenvalue weighted by atomic mass is 9.82. The van der Waals surface area contributed by atoms with E-state index in [2.05, 4.69) is 27.3 Å². The molecule has 3 amide bonds. The lowest BCUT2D eigenvalue weighted by Gasteiger charge is -2.29. The Morgan fingerprint density at radius 2 is 1.73 bits per heavy atom. The molecule has 3 aromatic rings. The summed E-state index contributed by atoms with van der Waals surface area (Å²) < 4.78 is 32.4. The number of para-hydroxylation sites is 2. The summed E-state index contributed by atoms with van der Waals surface area (Å²) in [6, 6.07) is 18.0. The van der Waals surface area contributed by atoms with Gasteiger partial charge in [-0.25, -0.2) is 13.6 Å². The number of halogens is 2. The van der Waals surface area contributed by atoms with Gasteiger partial charge in [-0.3, -0.25) is 4.79 Å². The predicted molar refractivity (Wildman–Crippen MR) is 152 cm³/mol. The quantitative estimate of drug-likeness (QED) is 0.269. The number of thioether (sulfide) groups is 1. The Balaban J connectivity index is 1.61. The number of carbonyl (C=O) groups excluding carboxylic acids is 2. The highest BCUT2D eigenvalue weighted by molar-refractivity contribution is 8.02. The van der Waals surface area contributed by atoms with Crippen molar-refractivity contribution in [2.45, 2.75) is 12.8 Å². The number of rotatable bonds is 7. The molecule has 1 atom stereocenters. The fourth-order valence-corrected chi connectivity index (χ4v) is 4.92. The highest BCUT2D eigenvalue weighted by Crippen LogP contribution is 2.41. The first kappa shape index (κ1) is 28.2. The zero-order valence-corrected chi connectivity index (χ0v) is 22.6. The molecule has 0 bridgehead atoms. The summed E-state index contributed by atoms with van der Waals surface area (Å²) in [5, 5.41) is 21.7. The van der Waals surface area contributed by atoms with Crippen LogP contribution in [-0.4, -0.2) is 25.3 Å². The van der Waals surface area contributed by atoms with Crippen LogP contribution in [0.1, 0.15) is 18.4 Å². The highest BCUT2D eigenvalue weighted by atomic mass is 32.2. The summed E-state index contributed by atoms with van der Waals surface area (Å²) in [7, 11) is 1.51. The largest absolute Gasteiger partial charge is 0.495 e. The molecule has 204 valence electrons. The van der Waals surface area contributed by atoms with Gasteiger partial charge in [0.15, 0.2) is 0 Å². The Bertz CT molecular complexity index is 1560. The third kappa shape index (κ3) is 6.08. The number of nitriles is 1. The maximum atomic E-state index is 13.9. The summed E-state index contributed by atoms with van der Waals surface area (Å²) in [5.41, 5.74) is 2.64. The monoisotopic (exact) mass is 561 g/mol. The number of carbonyl (C=O) groups is 2. The van der Waals surface area contributed by atoms with Crippen LogP contribution in [0.2, 0.25) is 0 Å². The van der Waals surface area contributed by atoms with Crippen molar-refractivity contribution in [2.24, 2.45) is 0 Å². The number of urea groups is 1. The lowest BCUT2D eigenvalue weighted by Crippen LogP contribution is -2.30. The number of amides is 3. The van der Waals surface area contributed by atoms with E-state index in [1.165, 1.54) is 18.9 Å². The molecule has 0 spiro atoms. The molecule has 1 aliphatic heterocycles. The van der Waals surface area contributed by atoms with Crippen LogP contribution < -0.4 is 26.0 Å². The third-order valence-electron chi connectivity index (χ3n) is 6.13. The summed E-state index contributed by atoms with van der Waals surface area (Å²) in [4.78, 5) is 26.0. The van der Waals surface area contributed by atoms with Crippen molar-refractivity contribution in [1.82, 2.24) is 5.32 Å². The van der Waals surface area contributed by atoms with Crippen LogP contribution in [0.25, 0.3) is 0 Å². The molecule has 0 fully saturated rings. The average Bonchev–Trinajstić information content (AvgIpc) is 2.94. The van der Waals surface area contributed by atoms with Gasteiger partial charge in [0.2, 0.25) is 0 Å². The number of methoxy groups -OCH3 is 1. The van der Waals surface area contributed by atoms with Crippen LogP contribution in [0.5, 0.6) is 5.75 Å². The molecule has 8 nitrogen and oxygen atoms in total. The second-order valence-electron chi connectivity index (χ2n) is 8.64. The minimum absolute atomic E-state index is 0.176. The van der Waals surface area contributed by atoms with Crippen LogP contribution >= 0.6 is 11.8 Å². The van der Waals surface area contributed by atoms with E-state index < -0.39 is 29.5 Å². The molecule has 3 aromatic carbocycles. The van der Waals surface area contributed by atoms with Gasteiger partial charge in [0.25, 0.3) is 5.91 Å². The molecule has 1 aliphatic rings. The van der Waals surface area contributed by atoms with E-state index in [4.69, 9.17) is 4.74 Å². The van der Waals surface area contributed by atoms with Crippen LogP contribution in [0.3, 0.4) is 0 Å². The highest BCUT2D eigenvalue weighted by Gasteiger charge is 2.34. The Morgan fingerprint density at radius 3 is 2.38 bits per heavy atom. The molecule has 4 rings (SSSR count). The van der Waals surface area contributed by atoms with Crippen molar-refractivity contribution in [2.75, 3.05) is 29.3 Å². The van der Waals surface area contributed by atoms with E-state index in [-0.39, 0.29) is 5.69 Å². The normalized spacial score (nSPS) is 14.7. The number of dihydropyridines is 1. The zero-order valence-electron chi connectivity index (χ0n) is 21.8. The minimum atomic E-state index is -0.905. The minimum Gasteiger partial charge on any atom is -0.495 e. The number of hydrogen-bond acceptors (Lipinski definition) is 6. The first-order valence-corrected chi connectivity index (χ1v) is 13.2. The smallest absolute Gasteiger partial charge is 0.323 e. The van der Waals surface area contributed by atoms with E-state index in [9.17, 15) is 23.6 Å². The van der Waals surface area contributed by atoms with E-state index in [1.54, 1.807) is 55.5 Å². The summed E-state index contributed by atoms with van der Waals surface area (Å²) in [5.74, 6) is -2.27. The Morgan fingerprint density at radius 1 is 1.00 bits per heavy atom. The molecule has 1 unspecified atom stereocenters. The van der Waals surface area contributed by atoms with E-state index in [0.717, 1.165) is 12.1 Å². The SMILES string of the molecule is COc1ccccc1NC(=O)C1=C(C)NC(SC)=C(C#N)C1c1ccc(NC(=O)Nc2ccc(F)cc2F)cc1. The van der Waals surface area contributed by atoms with Gasteiger partial charge in [-0.05, 0) is 55.1 Å². The van der Waals surface area contributed by atoms with Gasteiger partial charge >= 0.3 is 6.03 Å². The Labute approximate surface area is 234 Å².